The second-order valence-corrected chi connectivity index (χ2v) is 4.26. The van der Waals surface area contributed by atoms with E-state index >= 15 is 0 Å². The van der Waals surface area contributed by atoms with E-state index in [4.69, 9.17) is 15.6 Å². The van der Waals surface area contributed by atoms with Gasteiger partial charge in [-0.05, 0) is 30.7 Å². The molecule has 22 heavy (non-hydrogen) atoms. The summed E-state index contributed by atoms with van der Waals surface area (Å²) in [7, 11) is 0. The van der Waals surface area contributed by atoms with Crippen LogP contribution < -0.4 is 10.6 Å². The van der Waals surface area contributed by atoms with Crippen molar-refractivity contribution < 1.29 is 14.7 Å². The number of nitrogens with zero attached hydrogens (tertiary/aromatic N) is 2. The van der Waals surface area contributed by atoms with Crippen LogP contribution in [0.1, 0.15) is 18.4 Å². The van der Waals surface area contributed by atoms with Crippen LogP contribution in [0.25, 0.3) is 0 Å². The van der Waals surface area contributed by atoms with E-state index in [1.165, 1.54) is 6.20 Å². The van der Waals surface area contributed by atoms with E-state index in [1.807, 2.05) is 6.07 Å². The molecule has 0 fully saturated rings. The summed E-state index contributed by atoms with van der Waals surface area (Å²) in [5.74, 6) is -1.51. The highest BCUT2D eigenvalue weighted by Crippen LogP contribution is 2.09. The minimum Gasteiger partial charge on any atom is -0.481 e. The first-order valence-electron chi connectivity index (χ1n) is 6.43. The highest BCUT2D eigenvalue weighted by Gasteiger charge is 2.08. The molecule has 0 aliphatic heterocycles. The van der Waals surface area contributed by atoms with E-state index in [9.17, 15) is 9.59 Å². The predicted molar refractivity (Wildman–Crippen MR) is 78.4 cm³/mol. The number of carboxylic acid groups (broad SMARTS) is 1. The highest BCUT2D eigenvalue weighted by molar-refractivity contribution is 5.97. The Balaban J connectivity index is 2.55. The van der Waals surface area contributed by atoms with E-state index in [1.54, 1.807) is 30.3 Å². The lowest BCUT2D eigenvalue weighted by atomic mass is 10.2. The Labute approximate surface area is 127 Å². The normalized spacial score (nSPS) is 10.2. The number of anilines is 1. The van der Waals surface area contributed by atoms with Gasteiger partial charge in [-0.15, -0.1) is 0 Å². The number of aliphatic carboxylic acids is 1. The van der Waals surface area contributed by atoms with Crippen molar-refractivity contribution in [3.8, 4) is 12.1 Å². The summed E-state index contributed by atoms with van der Waals surface area (Å²) in [5.41, 5.74) is 1.01. The van der Waals surface area contributed by atoms with Crippen molar-refractivity contribution in [3.05, 3.63) is 41.6 Å². The third kappa shape index (κ3) is 5.76. The molecular formula is C15H14N4O3. The molecule has 1 aromatic carbocycles. The van der Waals surface area contributed by atoms with E-state index in [2.05, 4.69) is 10.6 Å². The molecule has 0 atom stereocenters. The van der Waals surface area contributed by atoms with Crippen LogP contribution in [0.5, 0.6) is 0 Å². The van der Waals surface area contributed by atoms with Crippen LogP contribution in [0.2, 0.25) is 0 Å². The number of carbonyl (C=O) groups is 2. The van der Waals surface area contributed by atoms with Crippen LogP contribution in [-0.4, -0.2) is 23.5 Å². The molecule has 0 aliphatic carbocycles. The van der Waals surface area contributed by atoms with Gasteiger partial charge in [0.2, 0.25) is 0 Å². The van der Waals surface area contributed by atoms with Gasteiger partial charge in [0.25, 0.3) is 5.91 Å². The Bertz CT molecular complexity index is 651. The molecule has 0 bridgehead atoms. The molecule has 7 heteroatoms. The quantitative estimate of drug-likeness (QED) is 0.396. The van der Waals surface area contributed by atoms with Gasteiger partial charge in [-0.1, -0.05) is 0 Å². The maximum atomic E-state index is 11.7. The number of carbonyl (C=O) groups excluding carboxylic acids is 1. The van der Waals surface area contributed by atoms with Gasteiger partial charge in [0, 0.05) is 24.9 Å². The first-order chi connectivity index (χ1) is 10.6. The number of nitriles is 2. The smallest absolute Gasteiger partial charge is 0.303 e. The molecule has 7 nitrogen and oxygen atoms in total. The van der Waals surface area contributed by atoms with E-state index in [-0.39, 0.29) is 18.5 Å². The predicted octanol–water partition coefficient (Wildman–Crippen LogP) is 1.36. The number of hydrogen-bond acceptors (Lipinski definition) is 5. The Morgan fingerprint density at radius 1 is 1.23 bits per heavy atom. The van der Waals surface area contributed by atoms with Crippen LogP contribution >= 0.6 is 0 Å². The molecular weight excluding hydrogens is 284 g/mol. The number of amides is 1. The molecule has 0 aromatic heterocycles. The molecule has 1 rings (SSSR count). The number of nitrogens with one attached hydrogen (secondary N) is 2. The molecule has 0 heterocycles. The maximum Gasteiger partial charge on any atom is 0.303 e. The van der Waals surface area contributed by atoms with Gasteiger partial charge in [-0.2, -0.15) is 10.5 Å². The molecule has 112 valence electrons. The Hall–Kier alpha value is -3.32. The summed E-state index contributed by atoms with van der Waals surface area (Å²) in [6, 6.07) is 10.3. The van der Waals surface area contributed by atoms with Crippen LogP contribution in [0, 0.1) is 22.7 Å². The van der Waals surface area contributed by atoms with Crippen molar-refractivity contribution >= 4 is 17.6 Å². The summed E-state index contributed by atoms with van der Waals surface area (Å²) in [6.45, 7) is 0.182. The average Bonchev–Trinajstić information content (AvgIpc) is 2.52. The summed E-state index contributed by atoms with van der Waals surface area (Å²) in [4.78, 5) is 22.0. The van der Waals surface area contributed by atoms with Gasteiger partial charge in [-0.25, -0.2) is 0 Å². The van der Waals surface area contributed by atoms with Crippen LogP contribution in [-0.2, 0) is 9.59 Å². The lowest BCUT2D eigenvalue weighted by Gasteiger charge is -2.04. The second-order valence-electron chi connectivity index (χ2n) is 4.26. The van der Waals surface area contributed by atoms with Crippen molar-refractivity contribution in [2.24, 2.45) is 0 Å². The number of rotatable bonds is 7. The standard InChI is InChI=1S/C15H14N4O3/c16-8-11-3-5-13(6-4-11)19-10-12(9-17)15(22)18-7-1-2-14(20)21/h3-6,10,19H,1-2,7H2,(H,18,22)(H,20,21)/b12-10-. The van der Waals surface area contributed by atoms with Crippen molar-refractivity contribution in [2.45, 2.75) is 12.8 Å². The third-order valence-corrected chi connectivity index (χ3v) is 2.62. The van der Waals surface area contributed by atoms with Crippen molar-refractivity contribution in [1.29, 1.82) is 10.5 Å². The monoisotopic (exact) mass is 298 g/mol. The molecule has 3 N–H and O–H groups in total. The van der Waals surface area contributed by atoms with Gasteiger partial charge in [0.1, 0.15) is 11.6 Å². The molecule has 0 saturated heterocycles. The summed E-state index contributed by atoms with van der Waals surface area (Å²) >= 11 is 0. The van der Waals surface area contributed by atoms with Crippen molar-refractivity contribution in [2.75, 3.05) is 11.9 Å². The Morgan fingerprint density at radius 2 is 1.91 bits per heavy atom. The lowest BCUT2D eigenvalue weighted by Crippen LogP contribution is -2.26. The van der Waals surface area contributed by atoms with Gasteiger partial charge < -0.3 is 15.7 Å². The zero-order chi connectivity index (χ0) is 16.4. The molecule has 0 radical (unpaired) electrons. The third-order valence-electron chi connectivity index (χ3n) is 2.62. The average molecular weight is 298 g/mol. The Kier molecular flexibility index (Phi) is 6.67. The topological polar surface area (TPSA) is 126 Å². The van der Waals surface area contributed by atoms with Gasteiger partial charge in [0.05, 0.1) is 11.6 Å². The lowest BCUT2D eigenvalue weighted by molar-refractivity contribution is -0.137. The molecule has 1 amide bonds. The second kappa shape index (κ2) is 8.77. The fourth-order valence-electron chi connectivity index (χ4n) is 1.48. The summed E-state index contributed by atoms with van der Waals surface area (Å²) in [6.07, 6.45) is 1.51. The first-order valence-corrected chi connectivity index (χ1v) is 6.43. The fourth-order valence-corrected chi connectivity index (χ4v) is 1.48. The zero-order valence-corrected chi connectivity index (χ0v) is 11.7. The summed E-state index contributed by atoms with van der Waals surface area (Å²) < 4.78 is 0. The molecule has 0 saturated carbocycles. The van der Waals surface area contributed by atoms with Crippen LogP contribution in [0.4, 0.5) is 5.69 Å². The molecule has 0 aliphatic rings. The fraction of sp³-hybridized carbons (Fsp3) is 0.200. The van der Waals surface area contributed by atoms with Crippen molar-refractivity contribution in [3.63, 3.8) is 0 Å². The Morgan fingerprint density at radius 3 is 2.45 bits per heavy atom. The van der Waals surface area contributed by atoms with Gasteiger partial charge in [0.15, 0.2) is 0 Å². The van der Waals surface area contributed by atoms with Crippen LogP contribution in [0.3, 0.4) is 0 Å². The largest absolute Gasteiger partial charge is 0.481 e. The van der Waals surface area contributed by atoms with E-state index in [0.717, 1.165) is 0 Å². The summed E-state index contributed by atoms with van der Waals surface area (Å²) in [5, 5.41) is 31.4. The van der Waals surface area contributed by atoms with Crippen molar-refractivity contribution in [1.82, 2.24) is 5.32 Å². The molecule has 1 aromatic rings. The number of hydrogen-bond donors (Lipinski definition) is 3. The van der Waals surface area contributed by atoms with Gasteiger partial charge >= 0.3 is 5.97 Å². The zero-order valence-electron chi connectivity index (χ0n) is 11.7. The van der Waals surface area contributed by atoms with Gasteiger partial charge in [-0.3, -0.25) is 9.59 Å². The number of benzene rings is 1. The highest BCUT2D eigenvalue weighted by atomic mass is 16.4. The first kappa shape index (κ1) is 16.7. The SMILES string of the molecule is N#C/C(=C/Nc1ccc(C#N)cc1)C(=O)NCCCC(=O)O. The van der Waals surface area contributed by atoms with E-state index < -0.39 is 11.9 Å². The number of carboxylic acids is 1. The van der Waals surface area contributed by atoms with E-state index in [0.29, 0.717) is 17.7 Å². The molecule has 0 unspecified atom stereocenters. The van der Waals surface area contributed by atoms with Crippen LogP contribution in [0.15, 0.2) is 36.0 Å². The molecule has 0 spiro atoms. The minimum atomic E-state index is -0.937. The maximum absolute atomic E-state index is 11.7. The minimum absolute atomic E-state index is 0.0463.